The van der Waals surface area contributed by atoms with Crippen LogP contribution in [0.3, 0.4) is 0 Å². The molecular weight excluding hydrogens is 312 g/mol. The van der Waals surface area contributed by atoms with E-state index >= 15 is 0 Å². The van der Waals surface area contributed by atoms with Crippen LogP contribution < -0.4 is 5.32 Å². The molecule has 0 aliphatic rings. The van der Waals surface area contributed by atoms with Crippen molar-refractivity contribution in [2.75, 3.05) is 0 Å². The van der Waals surface area contributed by atoms with Crippen molar-refractivity contribution in [1.29, 1.82) is 0 Å². The minimum Gasteiger partial charge on any atom is -0.449 e. The number of rotatable bonds is 5. The summed E-state index contributed by atoms with van der Waals surface area (Å²) < 4.78 is 7.54. The van der Waals surface area contributed by atoms with Gasteiger partial charge in [0.25, 0.3) is 5.91 Å². The predicted molar refractivity (Wildman–Crippen MR) is 72.7 cm³/mol. The Balaban J connectivity index is 2.03. The number of nitrogens with zero attached hydrogens (tertiary/aromatic N) is 3. The predicted octanol–water partition coefficient (Wildman–Crippen LogP) is 2.15. The molecule has 19 heavy (non-hydrogen) atoms. The molecule has 6 nitrogen and oxygen atoms in total. The van der Waals surface area contributed by atoms with Gasteiger partial charge in [-0.25, -0.2) is 4.98 Å². The van der Waals surface area contributed by atoms with Gasteiger partial charge in [-0.1, -0.05) is 6.92 Å². The van der Waals surface area contributed by atoms with Crippen molar-refractivity contribution in [3.8, 4) is 0 Å². The molecule has 2 rings (SSSR count). The van der Waals surface area contributed by atoms with Gasteiger partial charge in [0.15, 0.2) is 5.89 Å². The quantitative estimate of drug-likeness (QED) is 0.913. The lowest BCUT2D eigenvalue weighted by atomic mass is 10.3. The maximum absolute atomic E-state index is 12.1. The van der Waals surface area contributed by atoms with Crippen LogP contribution in [0, 0.1) is 0 Å². The minimum atomic E-state index is -0.188. The van der Waals surface area contributed by atoms with Gasteiger partial charge >= 0.3 is 0 Å². The highest BCUT2D eigenvalue weighted by Crippen LogP contribution is 2.16. The van der Waals surface area contributed by atoms with Gasteiger partial charge in [-0.05, 0) is 22.9 Å². The highest BCUT2D eigenvalue weighted by molar-refractivity contribution is 9.10. The second-order valence-electron chi connectivity index (χ2n) is 3.93. The fourth-order valence-electron chi connectivity index (χ4n) is 1.68. The van der Waals surface area contributed by atoms with Crippen molar-refractivity contribution in [3.05, 3.63) is 34.2 Å². The van der Waals surface area contributed by atoms with E-state index in [1.54, 1.807) is 17.1 Å². The van der Waals surface area contributed by atoms with E-state index in [1.807, 2.05) is 13.8 Å². The van der Waals surface area contributed by atoms with Crippen molar-refractivity contribution < 1.29 is 9.21 Å². The number of hydrogen-bond donors (Lipinski definition) is 1. The molecule has 2 aromatic rings. The van der Waals surface area contributed by atoms with Gasteiger partial charge in [0.2, 0.25) is 0 Å². The highest BCUT2D eigenvalue weighted by Gasteiger charge is 2.16. The Morgan fingerprint density at radius 1 is 1.53 bits per heavy atom. The second-order valence-corrected chi connectivity index (χ2v) is 4.78. The lowest BCUT2D eigenvalue weighted by molar-refractivity contribution is 0.0939. The summed E-state index contributed by atoms with van der Waals surface area (Å²) in [6, 6.07) is 0. The summed E-state index contributed by atoms with van der Waals surface area (Å²) in [4.78, 5) is 16.3. The normalized spacial score (nSPS) is 10.7. The molecule has 0 aliphatic carbocycles. The molecule has 0 spiro atoms. The zero-order valence-electron chi connectivity index (χ0n) is 10.8. The Kier molecular flexibility index (Phi) is 4.36. The Bertz CT molecular complexity index is 576. The summed E-state index contributed by atoms with van der Waals surface area (Å²) in [5.74, 6) is 0.483. The van der Waals surface area contributed by atoms with E-state index < -0.39 is 0 Å². The average Bonchev–Trinajstić information content (AvgIpc) is 3.02. The average molecular weight is 327 g/mol. The summed E-state index contributed by atoms with van der Waals surface area (Å²) in [7, 11) is 0. The first-order valence-electron chi connectivity index (χ1n) is 6.08. The summed E-state index contributed by atoms with van der Waals surface area (Å²) in [6.45, 7) is 4.87. The Hall–Kier alpha value is -1.63. The van der Waals surface area contributed by atoms with E-state index in [4.69, 9.17) is 4.42 Å². The molecule has 0 saturated heterocycles. The highest BCUT2D eigenvalue weighted by atomic mass is 79.9. The molecule has 0 unspecified atom stereocenters. The molecule has 0 atom stereocenters. The lowest BCUT2D eigenvalue weighted by Gasteiger charge is -2.05. The topological polar surface area (TPSA) is 73.0 Å². The maximum Gasteiger partial charge on any atom is 0.271 e. The number of halogens is 1. The smallest absolute Gasteiger partial charge is 0.271 e. The molecule has 7 heteroatoms. The van der Waals surface area contributed by atoms with Crippen molar-refractivity contribution in [3.63, 3.8) is 0 Å². The van der Waals surface area contributed by atoms with Crippen LogP contribution in [0.15, 0.2) is 21.3 Å². The first-order chi connectivity index (χ1) is 9.15. The van der Waals surface area contributed by atoms with E-state index in [1.165, 1.54) is 0 Å². The Morgan fingerprint density at radius 3 is 2.95 bits per heavy atom. The zero-order chi connectivity index (χ0) is 13.8. The third kappa shape index (κ3) is 3.04. The molecule has 2 aromatic heterocycles. The van der Waals surface area contributed by atoms with Crippen molar-refractivity contribution in [2.24, 2.45) is 0 Å². The molecule has 0 fully saturated rings. The SMILES string of the molecule is CCc1nc(CNC(=O)c2c(Br)cnn2CC)co1. The van der Waals surface area contributed by atoms with E-state index in [0.29, 0.717) is 34.8 Å². The third-order valence-electron chi connectivity index (χ3n) is 2.64. The molecule has 0 aromatic carbocycles. The van der Waals surface area contributed by atoms with Gasteiger partial charge in [0, 0.05) is 13.0 Å². The molecule has 1 N–H and O–H groups in total. The first-order valence-corrected chi connectivity index (χ1v) is 6.87. The van der Waals surface area contributed by atoms with E-state index in [-0.39, 0.29) is 5.91 Å². The maximum atomic E-state index is 12.1. The summed E-state index contributed by atoms with van der Waals surface area (Å²) in [6.07, 6.45) is 3.91. The summed E-state index contributed by atoms with van der Waals surface area (Å²) >= 11 is 3.32. The van der Waals surface area contributed by atoms with Gasteiger partial charge in [-0.3, -0.25) is 9.48 Å². The van der Waals surface area contributed by atoms with Crippen molar-refractivity contribution >= 4 is 21.8 Å². The molecule has 0 bridgehead atoms. The number of nitrogens with one attached hydrogen (secondary N) is 1. The van der Waals surface area contributed by atoms with Crippen LogP contribution in [0.25, 0.3) is 0 Å². The monoisotopic (exact) mass is 326 g/mol. The molecule has 102 valence electrons. The largest absolute Gasteiger partial charge is 0.449 e. The number of hydrogen-bond acceptors (Lipinski definition) is 4. The van der Waals surface area contributed by atoms with Crippen LogP contribution in [0.1, 0.15) is 35.9 Å². The van der Waals surface area contributed by atoms with Crippen molar-refractivity contribution in [2.45, 2.75) is 33.4 Å². The number of amides is 1. The summed E-state index contributed by atoms with van der Waals surface area (Å²) in [5, 5.41) is 6.90. The third-order valence-corrected chi connectivity index (χ3v) is 3.22. The number of aryl methyl sites for hydroxylation is 2. The molecule has 1 amide bonds. The van der Waals surface area contributed by atoms with Gasteiger partial charge in [-0.15, -0.1) is 0 Å². The Labute approximate surface area is 119 Å². The second kappa shape index (κ2) is 6.01. The van der Waals surface area contributed by atoms with E-state index in [2.05, 4.69) is 31.3 Å². The standard InChI is InChI=1S/C12H15BrN4O2/c1-3-10-16-8(7-19-10)5-14-12(18)11-9(13)6-15-17(11)4-2/h6-7H,3-5H2,1-2H3,(H,14,18). The van der Waals surface area contributed by atoms with Gasteiger partial charge in [0.05, 0.1) is 22.9 Å². The fourth-order valence-corrected chi connectivity index (χ4v) is 2.15. The number of oxazole rings is 1. The molecule has 0 aliphatic heterocycles. The molecule has 0 radical (unpaired) electrons. The van der Waals surface area contributed by atoms with Crippen LogP contribution >= 0.6 is 15.9 Å². The van der Waals surface area contributed by atoms with Crippen LogP contribution in [0.4, 0.5) is 0 Å². The molecule has 2 heterocycles. The number of carbonyl (C=O) groups is 1. The van der Waals surface area contributed by atoms with E-state index in [0.717, 1.165) is 6.42 Å². The number of aromatic nitrogens is 3. The first kappa shape index (κ1) is 13.8. The van der Waals surface area contributed by atoms with Gasteiger partial charge in [-0.2, -0.15) is 5.10 Å². The van der Waals surface area contributed by atoms with Crippen LogP contribution in [-0.4, -0.2) is 20.7 Å². The van der Waals surface area contributed by atoms with E-state index in [9.17, 15) is 4.79 Å². The minimum absolute atomic E-state index is 0.188. The van der Waals surface area contributed by atoms with Gasteiger partial charge < -0.3 is 9.73 Å². The van der Waals surface area contributed by atoms with Crippen LogP contribution in [-0.2, 0) is 19.5 Å². The number of carbonyl (C=O) groups excluding carboxylic acids is 1. The molecular formula is C12H15BrN4O2. The van der Waals surface area contributed by atoms with Crippen LogP contribution in [0.5, 0.6) is 0 Å². The zero-order valence-corrected chi connectivity index (χ0v) is 12.4. The fraction of sp³-hybridized carbons (Fsp3) is 0.417. The summed E-state index contributed by atoms with van der Waals surface area (Å²) in [5.41, 5.74) is 1.23. The van der Waals surface area contributed by atoms with Crippen molar-refractivity contribution in [1.82, 2.24) is 20.1 Å². The van der Waals surface area contributed by atoms with Crippen LogP contribution in [0.2, 0.25) is 0 Å². The van der Waals surface area contributed by atoms with Gasteiger partial charge in [0.1, 0.15) is 12.0 Å². The lowest BCUT2D eigenvalue weighted by Crippen LogP contribution is -2.26. The Morgan fingerprint density at radius 2 is 2.32 bits per heavy atom. The molecule has 0 saturated carbocycles.